The van der Waals surface area contributed by atoms with E-state index in [2.05, 4.69) is 5.32 Å². The number of halogens is 1. The van der Waals surface area contributed by atoms with Crippen LogP contribution in [0.5, 0.6) is 11.5 Å². The molecule has 0 aliphatic rings. The molecule has 0 aromatic heterocycles. The number of rotatable bonds is 6. The maximum Gasteiger partial charge on any atom is 0.137 e. The third kappa shape index (κ3) is 4.07. The Balaban J connectivity index is 1.87. The fraction of sp³-hybridized carbons (Fsp3) is 0.250. The van der Waals surface area contributed by atoms with Gasteiger partial charge in [0.2, 0.25) is 0 Å². The summed E-state index contributed by atoms with van der Waals surface area (Å²) >= 11 is 6.08. The van der Waals surface area contributed by atoms with Crippen LogP contribution in [-0.4, -0.2) is 19.8 Å². The van der Waals surface area contributed by atoms with Crippen LogP contribution in [0.25, 0.3) is 0 Å². The minimum Gasteiger partial charge on any atom is -0.495 e. The second-order valence-electron chi connectivity index (χ2n) is 4.47. The Labute approximate surface area is 124 Å². The van der Waals surface area contributed by atoms with Gasteiger partial charge in [0.05, 0.1) is 18.7 Å². The van der Waals surface area contributed by atoms with Gasteiger partial charge in [-0.15, -0.1) is 0 Å². The molecule has 2 rings (SSSR count). The maximum atomic E-state index is 6.08. The van der Waals surface area contributed by atoms with Gasteiger partial charge in [-0.3, -0.25) is 0 Å². The Kier molecular flexibility index (Phi) is 5.13. The van der Waals surface area contributed by atoms with Crippen LogP contribution in [0.1, 0.15) is 6.92 Å². The Bertz CT molecular complexity index is 545. The van der Waals surface area contributed by atoms with E-state index in [1.165, 1.54) is 0 Å². The van der Waals surface area contributed by atoms with Crippen molar-refractivity contribution in [3.05, 3.63) is 53.6 Å². The molecular formula is C16H18ClNO2. The molecule has 0 saturated carbocycles. The summed E-state index contributed by atoms with van der Waals surface area (Å²) in [5, 5.41) is 3.88. The van der Waals surface area contributed by atoms with Crippen molar-refractivity contribution in [2.75, 3.05) is 19.0 Å². The van der Waals surface area contributed by atoms with E-state index in [4.69, 9.17) is 21.1 Å². The molecule has 0 bridgehead atoms. The van der Waals surface area contributed by atoms with E-state index < -0.39 is 0 Å². The molecule has 1 unspecified atom stereocenters. The molecule has 0 fully saturated rings. The fourth-order valence-corrected chi connectivity index (χ4v) is 2.07. The molecule has 0 spiro atoms. The van der Waals surface area contributed by atoms with E-state index in [1.54, 1.807) is 7.11 Å². The van der Waals surface area contributed by atoms with E-state index in [0.29, 0.717) is 17.3 Å². The molecule has 20 heavy (non-hydrogen) atoms. The average molecular weight is 292 g/mol. The zero-order valence-electron chi connectivity index (χ0n) is 11.6. The van der Waals surface area contributed by atoms with Gasteiger partial charge in [-0.05, 0) is 37.3 Å². The van der Waals surface area contributed by atoms with Crippen LogP contribution in [-0.2, 0) is 0 Å². The summed E-state index contributed by atoms with van der Waals surface area (Å²) in [5.41, 5.74) is 0.944. The zero-order valence-corrected chi connectivity index (χ0v) is 12.4. The first kappa shape index (κ1) is 14.5. The lowest BCUT2D eigenvalue weighted by Gasteiger charge is -2.16. The van der Waals surface area contributed by atoms with Gasteiger partial charge in [0.15, 0.2) is 0 Å². The number of methoxy groups -OCH3 is 1. The standard InChI is InChI=1S/C16H18ClNO2/c1-12(20-14-6-4-3-5-7-14)11-18-13-8-9-16(19-2)15(17)10-13/h3-10,12,18H,11H2,1-2H3. The van der Waals surface area contributed by atoms with E-state index in [-0.39, 0.29) is 6.10 Å². The third-order valence-electron chi connectivity index (χ3n) is 2.83. The summed E-state index contributed by atoms with van der Waals surface area (Å²) in [6, 6.07) is 15.4. The van der Waals surface area contributed by atoms with E-state index in [0.717, 1.165) is 11.4 Å². The smallest absolute Gasteiger partial charge is 0.137 e. The zero-order chi connectivity index (χ0) is 14.4. The van der Waals surface area contributed by atoms with Gasteiger partial charge >= 0.3 is 0 Å². The number of hydrogen-bond donors (Lipinski definition) is 1. The normalized spacial score (nSPS) is 11.8. The van der Waals surface area contributed by atoms with Crippen LogP contribution in [0.2, 0.25) is 5.02 Å². The lowest BCUT2D eigenvalue weighted by atomic mass is 10.3. The first-order chi connectivity index (χ1) is 9.69. The van der Waals surface area contributed by atoms with E-state index >= 15 is 0 Å². The Morgan fingerprint density at radius 1 is 1.15 bits per heavy atom. The largest absolute Gasteiger partial charge is 0.495 e. The number of ether oxygens (including phenoxy) is 2. The molecule has 4 heteroatoms. The molecule has 0 saturated heterocycles. The van der Waals surface area contributed by atoms with Crippen molar-refractivity contribution < 1.29 is 9.47 Å². The van der Waals surface area contributed by atoms with E-state index in [9.17, 15) is 0 Å². The first-order valence-electron chi connectivity index (χ1n) is 6.48. The van der Waals surface area contributed by atoms with Crippen molar-refractivity contribution in [3.63, 3.8) is 0 Å². The molecule has 0 aliphatic heterocycles. The molecule has 106 valence electrons. The summed E-state index contributed by atoms with van der Waals surface area (Å²) in [4.78, 5) is 0. The predicted molar refractivity (Wildman–Crippen MR) is 83.0 cm³/mol. The summed E-state index contributed by atoms with van der Waals surface area (Å²) in [6.07, 6.45) is 0.0540. The van der Waals surface area contributed by atoms with Crippen molar-refractivity contribution in [1.82, 2.24) is 0 Å². The monoisotopic (exact) mass is 291 g/mol. The highest BCUT2D eigenvalue weighted by Crippen LogP contribution is 2.27. The summed E-state index contributed by atoms with van der Waals surface area (Å²) in [5.74, 6) is 1.54. The number of anilines is 1. The van der Waals surface area contributed by atoms with Crippen molar-refractivity contribution >= 4 is 17.3 Å². The molecule has 1 N–H and O–H groups in total. The molecule has 2 aromatic rings. The number of para-hydroxylation sites is 1. The minimum atomic E-state index is 0.0540. The summed E-state index contributed by atoms with van der Waals surface area (Å²) in [6.45, 7) is 2.71. The molecular weight excluding hydrogens is 274 g/mol. The Morgan fingerprint density at radius 3 is 2.55 bits per heavy atom. The van der Waals surface area contributed by atoms with Crippen LogP contribution in [0.15, 0.2) is 48.5 Å². The van der Waals surface area contributed by atoms with Crippen LogP contribution >= 0.6 is 11.6 Å². The van der Waals surface area contributed by atoms with Gasteiger partial charge in [-0.25, -0.2) is 0 Å². The Morgan fingerprint density at radius 2 is 1.90 bits per heavy atom. The van der Waals surface area contributed by atoms with Crippen LogP contribution < -0.4 is 14.8 Å². The average Bonchev–Trinajstić information content (AvgIpc) is 2.46. The highest BCUT2D eigenvalue weighted by molar-refractivity contribution is 6.32. The SMILES string of the molecule is COc1ccc(NCC(C)Oc2ccccc2)cc1Cl. The van der Waals surface area contributed by atoms with E-state index in [1.807, 2.05) is 55.5 Å². The number of nitrogens with one attached hydrogen (secondary N) is 1. The van der Waals surface area contributed by atoms with Crippen molar-refractivity contribution in [1.29, 1.82) is 0 Å². The molecule has 0 aliphatic carbocycles. The van der Waals surface area contributed by atoms with Gasteiger partial charge < -0.3 is 14.8 Å². The van der Waals surface area contributed by atoms with Crippen LogP contribution in [0.4, 0.5) is 5.69 Å². The van der Waals surface area contributed by atoms with Crippen LogP contribution in [0, 0.1) is 0 Å². The number of benzene rings is 2. The summed E-state index contributed by atoms with van der Waals surface area (Å²) < 4.78 is 10.9. The van der Waals surface area contributed by atoms with Crippen molar-refractivity contribution in [2.45, 2.75) is 13.0 Å². The Hall–Kier alpha value is -1.87. The molecule has 3 nitrogen and oxygen atoms in total. The highest BCUT2D eigenvalue weighted by Gasteiger charge is 2.05. The number of hydrogen-bond acceptors (Lipinski definition) is 3. The lowest BCUT2D eigenvalue weighted by Crippen LogP contribution is -2.22. The van der Waals surface area contributed by atoms with Crippen LogP contribution in [0.3, 0.4) is 0 Å². The highest BCUT2D eigenvalue weighted by atomic mass is 35.5. The first-order valence-corrected chi connectivity index (χ1v) is 6.86. The predicted octanol–water partition coefficient (Wildman–Crippen LogP) is 4.23. The maximum absolute atomic E-state index is 6.08. The molecule has 1 atom stereocenters. The summed E-state index contributed by atoms with van der Waals surface area (Å²) in [7, 11) is 1.60. The molecule has 0 heterocycles. The van der Waals surface area contributed by atoms with Crippen molar-refractivity contribution in [3.8, 4) is 11.5 Å². The molecule has 0 radical (unpaired) electrons. The van der Waals surface area contributed by atoms with Gasteiger partial charge in [0.25, 0.3) is 0 Å². The molecule has 2 aromatic carbocycles. The lowest BCUT2D eigenvalue weighted by molar-refractivity contribution is 0.235. The van der Waals surface area contributed by atoms with Gasteiger partial charge in [-0.1, -0.05) is 29.8 Å². The second kappa shape index (κ2) is 7.06. The van der Waals surface area contributed by atoms with Gasteiger partial charge in [0.1, 0.15) is 17.6 Å². The molecule has 0 amide bonds. The minimum absolute atomic E-state index is 0.0540. The third-order valence-corrected chi connectivity index (χ3v) is 3.12. The fourth-order valence-electron chi connectivity index (χ4n) is 1.81. The quantitative estimate of drug-likeness (QED) is 0.864. The van der Waals surface area contributed by atoms with Gasteiger partial charge in [-0.2, -0.15) is 0 Å². The van der Waals surface area contributed by atoms with Gasteiger partial charge in [0, 0.05) is 5.69 Å². The topological polar surface area (TPSA) is 30.5 Å². The van der Waals surface area contributed by atoms with Crippen molar-refractivity contribution in [2.24, 2.45) is 0 Å². The second-order valence-corrected chi connectivity index (χ2v) is 4.88.